The predicted molar refractivity (Wildman–Crippen MR) is 74.8 cm³/mol. The molecule has 0 saturated carbocycles. The Bertz CT molecular complexity index is 409. The van der Waals surface area contributed by atoms with Crippen LogP contribution in [0.4, 0.5) is 0 Å². The lowest BCUT2D eigenvalue weighted by molar-refractivity contribution is -0.122. The number of rotatable bonds is 5. The average molecular weight is 289 g/mol. The number of hydrogen-bond donors (Lipinski definition) is 2. The van der Waals surface area contributed by atoms with Crippen molar-refractivity contribution in [3.63, 3.8) is 0 Å². The smallest absolute Gasteiger partial charge is 0.239 e. The van der Waals surface area contributed by atoms with Crippen LogP contribution in [0, 0.1) is 0 Å². The molecule has 0 fully saturated rings. The third-order valence-electron chi connectivity index (χ3n) is 2.35. The topological polar surface area (TPSA) is 62.2 Å². The fourth-order valence-corrected chi connectivity index (χ4v) is 2.11. The minimum atomic E-state index is -0.641. The Labute approximate surface area is 116 Å². The van der Waals surface area contributed by atoms with Crippen LogP contribution in [0.1, 0.15) is 24.8 Å². The summed E-state index contributed by atoms with van der Waals surface area (Å²) in [5.74, 6) is -0.170. The van der Waals surface area contributed by atoms with E-state index in [1.165, 1.54) is 18.0 Å². The molecule has 4 nitrogen and oxygen atoms in total. The summed E-state index contributed by atoms with van der Waals surface area (Å²) < 4.78 is 0. The molecule has 0 bridgehead atoms. The number of amides is 1. The second-order valence-electron chi connectivity index (χ2n) is 4.55. The van der Waals surface area contributed by atoms with Gasteiger partial charge in [-0.3, -0.25) is 9.78 Å². The van der Waals surface area contributed by atoms with Crippen molar-refractivity contribution in [2.24, 2.45) is 0 Å². The van der Waals surface area contributed by atoms with Gasteiger partial charge in [0.05, 0.1) is 22.9 Å². The van der Waals surface area contributed by atoms with Gasteiger partial charge in [-0.2, -0.15) is 0 Å². The van der Waals surface area contributed by atoms with Gasteiger partial charge in [0.1, 0.15) is 5.25 Å². The van der Waals surface area contributed by atoms with E-state index in [0.29, 0.717) is 10.7 Å². The summed E-state index contributed by atoms with van der Waals surface area (Å²) in [6.07, 6.45) is 3.36. The molecule has 2 N–H and O–H groups in total. The fourth-order valence-electron chi connectivity index (χ4n) is 1.34. The molecule has 1 atom stereocenters. The lowest BCUT2D eigenvalue weighted by atomic mass is 10.1. The number of nitrogens with one attached hydrogen (secondary N) is 1. The number of hydrogen-bond acceptors (Lipinski definition) is 4. The number of pyridine rings is 1. The van der Waals surface area contributed by atoms with Crippen LogP contribution in [0.25, 0.3) is 0 Å². The van der Waals surface area contributed by atoms with Crippen LogP contribution in [-0.4, -0.2) is 34.4 Å². The number of aliphatic hydroxyl groups is 1. The largest absolute Gasteiger partial charge is 0.394 e. The Hall–Kier alpha value is -0.780. The van der Waals surface area contributed by atoms with Crippen molar-refractivity contribution in [2.45, 2.75) is 24.6 Å². The van der Waals surface area contributed by atoms with Gasteiger partial charge < -0.3 is 10.4 Å². The third kappa shape index (κ3) is 4.15. The van der Waals surface area contributed by atoms with Gasteiger partial charge in [-0.15, -0.1) is 11.8 Å². The minimum Gasteiger partial charge on any atom is -0.394 e. The highest BCUT2D eigenvalue weighted by molar-refractivity contribution is 7.99. The second-order valence-corrected chi connectivity index (χ2v) is 5.93. The molecular formula is C12H17ClN2O2S. The Kier molecular flexibility index (Phi) is 5.44. The molecule has 1 unspecified atom stereocenters. The Morgan fingerprint density at radius 1 is 1.61 bits per heavy atom. The number of aromatic nitrogens is 1. The normalized spacial score (nSPS) is 13.2. The molecule has 1 heterocycles. The molecule has 1 aromatic heterocycles. The zero-order valence-electron chi connectivity index (χ0n) is 10.6. The third-order valence-corrected chi connectivity index (χ3v) is 3.50. The molecule has 0 spiro atoms. The summed E-state index contributed by atoms with van der Waals surface area (Å²) in [6, 6.07) is 3.44. The van der Waals surface area contributed by atoms with Gasteiger partial charge in [0.2, 0.25) is 5.91 Å². The van der Waals surface area contributed by atoms with Crippen molar-refractivity contribution in [1.29, 1.82) is 0 Å². The monoisotopic (exact) mass is 288 g/mol. The molecule has 0 aliphatic rings. The van der Waals surface area contributed by atoms with Crippen LogP contribution in [0.15, 0.2) is 18.3 Å². The van der Waals surface area contributed by atoms with Crippen LogP contribution in [0.2, 0.25) is 5.02 Å². The number of aliphatic hydroxyl groups excluding tert-OH is 1. The molecule has 1 rings (SSSR count). The zero-order chi connectivity index (χ0) is 13.8. The van der Waals surface area contributed by atoms with Crippen molar-refractivity contribution in [2.75, 3.05) is 12.9 Å². The zero-order valence-corrected chi connectivity index (χ0v) is 12.2. The molecule has 1 amide bonds. The van der Waals surface area contributed by atoms with E-state index in [2.05, 4.69) is 10.3 Å². The van der Waals surface area contributed by atoms with Crippen molar-refractivity contribution in [1.82, 2.24) is 10.3 Å². The van der Waals surface area contributed by atoms with Crippen LogP contribution in [-0.2, 0) is 4.79 Å². The quantitative estimate of drug-likeness (QED) is 0.870. The summed E-state index contributed by atoms with van der Waals surface area (Å²) in [5.41, 5.74) is 0.00968. The average Bonchev–Trinajstić information content (AvgIpc) is 2.32. The molecule has 1 aromatic rings. The summed E-state index contributed by atoms with van der Waals surface area (Å²) in [6.45, 7) is 3.41. The number of halogens is 1. The Morgan fingerprint density at radius 2 is 2.28 bits per heavy atom. The molecule has 0 aliphatic carbocycles. The molecule has 100 valence electrons. The fraction of sp³-hybridized carbons (Fsp3) is 0.500. The molecule has 6 heteroatoms. The standard InChI is InChI=1S/C12H17ClN2O2S/c1-12(2,7-16)15-11(17)10(18-3)9-5-4-8(13)6-14-9/h4-6,10,16H,7H2,1-3H3,(H,15,17). The highest BCUT2D eigenvalue weighted by atomic mass is 35.5. The SMILES string of the molecule is CSC(C(=O)NC(C)(C)CO)c1ccc(Cl)cn1. The van der Waals surface area contributed by atoms with E-state index >= 15 is 0 Å². The van der Waals surface area contributed by atoms with Gasteiger partial charge in [0.15, 0.2) is 0 Å². The van der Waals surface area contributed by atoms with Crippen molar-refractivity contribution >= 4 is 29.3 Å². The van der Waals surface area contributed by atoms with Gasteiger partial charge in [-0.1, -0.05) is 11.6 Å². The van der Waals surface area contributed by atoms with Gasteiger partial charge in [-0.05, 0) is 32.2 Å². The minimum absolute atomic E-state index is 0.117. The lowest BCUT2D eigenvalue weighted by Gasteiger charge is -2.26. The summed E-state index contributed by atoms with van der Waals surface area (Å²) >= 11 is 7.15. The van der Waals surface area contributed by atoms with E-state index in [1.54, 1.807) is 26.0 Å². The number of carbonyl (C=O) groups excluding carboxylic acids is 1. The maximum absolute atomic E-state index is 12.1. The van der Waals surface area contributed by atoms with E-state index in [0.717, 1.165) is 0 Å². The predicted octanol–water partition coefficient (Wildman–Crippen LogP) is 2.03. The van der Waals surface area contributed by atoms with Gasteiger partial charge in [0.25, 0.3) is 0 Å². The number of carbonyl (C=O) groups is 1. The highest BCUT2D eigenvalue weighted by Gasteiger charge is 2.26. The van der Waals surface area contributed by atoms with E-state index in [-0.39, 0.29) is 12.5 Å². The van der Waals surface area contributed by atoms with Crippen LogP contribution < -0.4 is 5.32 Å². The van der Waals surface area contributed by atoms with E-state index in [4.69, 9.17) is 16.7 Å². The first-order valence-corrected chi connectivity index (χ1v) is 7.13. The maximum Gasteiger partial charge on any atom is 0.239 e. The molecule has 0 aromatic carbocycles. The van der Waals surface area contributed by atoms with E-state index in [1.807, 2.05) is 6.26 Å². The maximum atomic E-state index is 12.1. The van der Waals surface area contributed by atoms with Crippen LogP contribution >= 0.6 is 23.4 Å². The van der Waals surface area contributed by atoms with Gasteiger partial charge in [0, 0.05) is 6.20 Å². The molecular weight excluding hydrogens is 272 g/mol. The van der Waals surface area contributed by atoms with Crippen molar-refractivity contribution in [3.8, 4) is 0 Å². The first-order chi connectivity index (χ1) is 8.39. The Morgan fingerprint density at radius 3 is 2.72 bits per heavy atom. The van der Waals surface area contributed by atoms with Crippen LogP contribution in [0.3, 0.4) is 0 Å². The van der Waals surface area contributed by atoms with E-state index < -0.39 is 10.8 Å². The lowest BCUT2D eigenvalue weighted by Crippen LogP contribution is -2.47. The molecule has 0 radical (unpaired) electrons. The number of thioether (sulfide) groups is 1. The molecule has 0 saturated heterocycles. The van der Waals surface area contributed by atoms with Crippen molar-refractivity contribution < 1.29 is 9.90 Å². The highest BCUT2D eigenvalue weighted by Crippen LogP contribution is 2.26. The van der Waals surface area contributed by atoms with Gasteiger partial charge in [-0.25, -0.2) is 0 Å². The van der Waals surface area contributed by atoms with Crippen LogP contribution in [0.5, 0.6) is 0 Å². The first-order valence-electron chi connectivity index (χ1n) is 5.47. The second kappa shape index (κ2) is 6.41. The Balaban J connectivity index is 2.83. The molecule has 18 heavy (non-hydrogen) atoms. The van der Waals surface area contributed by atoms with Gasteiger partial charge >= 0.3 is 0 Å². The molecule has 0 aliphatic heterocycles. The first kappa shape index (κ1) is 15.3. The summed E-state index contributed by atoms with van der Waals surface area (Å²) in [7, 11) is 0. The van der Waals surface area contributed by atoms with Crippen molar-refractivity contribution in [3.05, 3.63) is 29.0 Å². The number of nitrogens with zero attached hydrogens (tertiary/aromatic N) is 1. The summed E-state index contributed by atoms with van der Waals surface area (Å²) in [5, 5.41) is 12.1. The van der Waals surface area contributed by atoms with E-state index in [9.17, 15) is 4.79 Å². The summed E-state index contributed by atoms with van der Waals surface area (Å²) in [4.78, 5) is 16.3.